The number of sulfonamides is 1. The number of likely N-dealkylation sites (tertiary alicyclic amines) is 1. The molecule has 7 rings (SSSR count). The molecule has 1 aliphatic carbocycles. The van der Waals surface area contributed by atoms with Gasteiger partial charge in [-0.1, -0.05) is 18.9 Å². The standard InChI is InChI=1S/C33H36N6O4S/c1-38-29-22-35-27-10-9-23(18-26(27)30(29)33(32(38)40)11-6-12-33)24-19-28(37-44(41,42)25-8-5-13-34-21-25)31(36-20-24)43-17-7-16-39-14-3-2-4-15-39/h5,8-10,13,18-22,37H,2-4,6-7,11-12,14-17H2,1H3. The van der Waals surface area contributed by atoms with Gasteiger partial charge in [0.1, 0.15) is 10.6 Å². The van der Waals surface area contributed by atoms with Gasteiger partial charge < -0.3 is 14.5 Å². The number of nitrogens with one attached hydrogen (secondary N) is 1. The normalized spacial score (nSPS) is 17.9. The highest BCUT2D eigenvalue weighted by Crippen LogP contribution is 2.55. The fourth-order valence-corrected chi connectivity index (χ4v) is 7.81. The number of carbonyl (C=O) groups excluding carboxylic acids is 1. The molecule has 0 atom stereocenters. The van der Waals surface area contributed by atoms with E-state index in [2.05, 4.69) is 24.6 Å². The van der Waals surface area contributed by atoms with E-state index in [0.717, 1.165) is 78.6 Å². The van der Waals surface area contributed by atoms with Crippen molar-refractivity contribution >= 4 is 38.2 Å². The Labute approximate surface area is 257 Å². The van der Waals surface area contributed by atoms with Crippen molar-refractivity contribution in [2.75, 3.05) is 42.9 Å². The number of anilines is 2. The quantitative estimate of drug-likeness (QED) is 0.258. The number of benzene rings is 1. The predicted molar refractivity (Wildman–Crippen MR) is 169 cm³/mol. The number of rotatable bonds is 9. The smallest absolute Gasteiger partial charge is 0.263 e. The van der Waals surface area contributed by atoms with Crippen molar-refractivity contribution in [1.82, 2.24) is 19.9 Å². The van der Waals surface area contributed by atoms with Crippen LogP contribution in [0, 0.1) is 0 Å². The van der Waals surface area contributed by atoms with Gasteiger partial charge in [-0.2, -0.15) is 0 Å². The first kappa shape index (κ1) is 28.7. The molecule has 4 aromatic rings. The van der Waals surface area contributed by atoms with Crippen LogP contribution in [0.15, 0.2) is 66.1 Å². The van der Waals surface area contributed by atoms with Crippen molar-refractivity contribution in [2.45, 2.75) is 55.3 Å². The molecule has 1 amide bonds. The minimum absolute atomic E-state index is 0.0494. The number of hydrogen-bond donors (Lipinski definition) is 1. The largest absolute Gasteiger partial charge is 0.476 e. The molecule has 5 heterocycles. The minimum Gasteiger partial charge on any atom is -0.476 e. The van der Waals surface area contributed by atoms with Gasteiger partial charge >= 0.3 is 0 Å². The maximum Gasteiger partial charge on any atom is 0.263 e. The molecule has 3 aromatic heterocycles. The summed E-state index contributed by atoms with van der Waals surface area (Å²) in [5.41, 5.74) is 4.05. The Bertz CT molecular complexity index is 1820. The predicted octanol–water partition coefficient (Wildman–Crippen LogP) is 5.15. The van der Waals surface area contributed by atoms with Gasteiger partial charge in [0.25, 0.3) is 10.0 Å². The molecule has 10 nitrogen and oxygen atoms in total. The zero-order valence-corrected chi connectivity index (χ0v) is 25.6. The van der Waals surface area contributed by atoms with Crippen LogP contribution in [-0.4, -0.2) is 67.5 Å². The summed E-state index contributed by atoms with van der Waals surface area (Å²) >= 11 is 0. The first-order valence-electron chi connectivity index (χ1n) is 15.4. The molecular formula is C33H36N6O4S. The summed E-state index contributed by atoms with van der Waals surface area (Å²) in [6.07, 6.45) is 13.6. The molecule has 11 heteroatoms. The molecule has 3 aliphatic rings. The van der Waals surface area contributed by atoms with Gasteiger partial charge in [0.05, 0.1) is 29.4 Å². The van der Waals surface area contributed by atoms with Gasteiger partial charge in [0.15, 0.2) is 0 Å². The zero-order valence-electron chi connectivity index (χ0n) is 24.8. The highest BCUT2D eigenvalue weighted by Gasteiger charge is 2.54. The lowest BCUT2D eigenvalue weighted by Gasteiger charge is -2.37. The Hall–Kier alpha value is -4.09. The second-order valence-corrected chi connectivity index (χ2v) is 13.7. The summed E-state index contributed by atoms with van der Waals surface area (Å²) in [4.78, 5) is 30.7. The molecule has 1 N–H and O–H groups in total. The number of piperidine rings is 1. The summed E-state index contributed by atoms with van der Waals surface area (Å²) in [5.74, 6) is 0.359. The summed E-state index contributed by atoms with van der Waals surface area (Å²) in [5, 5.41) is 0.938. The van der Waals surface area contributed by atoms with E-state index in [1.54, 1.807) is 29.4 Å². The SMILES string of the molecule is CN1C(=O)C2(CCC2)c2c1cnc1ccc(-c3cnc(OCCCN4CCCCC4)c(NS(=O)(=O)c4cccnc4)c3)cc21. The Morgan fingerprint density at radius 2 is 1.82 bits per heavy atom. The molecule has 0 bridgehead atoms. The highest BCUT2D eigenvalue weighted by atomic mass is 32.2. The van der Waals surface area contributed by atoms with E-state index in [-0.39, 0.29) is 22.4 Å². The molecule has 1 aromatic carbocycles. The molecular weight excluding hydrogens is 576 g/mol. The van der Waals surface area contributed by atoms with Gasteiger partial charge in [-0.05, 0) is 81.1 Å². The van der Waals surface area contributed by atoms with E-state index in [1.807, 2.05) is 25.2 Å². The van der Waals surface area contributed by atoms with E-state index in [4.69, 9.17) is 4.74 Å². The third-order valence-corrected chi connectivity index (χ3v) is 10.6. The zero-order chi connectivity index (χ0) is 30.3. The fourth-order valence-electron chi connectivity index (χ4n) is 6.80. The van der Waals surface area contributed by atoms with Crippen LogP contribution in [0.2, 0.25) is 0 Å². The first-order chi connectivity index (χ1) is 21.4. The number of nitrogens with zero attached hydrogens (tertiary/aromatic N) is 5. The lowest BCUT2D eigenvalue weighted by Crippen LogP contribution is -2.43. The Kier molecular flexibility index (Phi) is 7.45. The van der Waals surface area contributed by atoms with Crippen LogP contribution in [0.25, 0.3) is 22.0 Å². The van der Waals surface area contributed by atoms with Crippen molar-refractivity contribution in [1.29, 1.82) is 0 Å². The third-order valence-electron chi connectivity index (χ3n) is 9.29. The average Bonchev–Trinajstić information content (AvgIpc) is 3.27. The number of ether oxygens (including phenoxy) is 1. The monoisotopic (exact) mass is 612 g/mol. The summed E-state index contributed by atoms with van der Waals surface area (Å²) in [7, 11) is -2.12. The molecule has 228 valence electrons. The lowest BCUT2D eigenvalue weighted by atomic mass is 9.64. The number of aromatic nitrogens is 3. The maximum atomic E-state index is 13.3. The van der Waals surface area contributed by atoms with Crippen LogP contribution < -0.4 is 14.4 Å². The van der Waals surface area contributed by atoms with Crippen molar-refractivity contribution in [3.05, 3.63) is 66.7 Å². The minimum atomic E-state index is -3.94. The van der Waals surface area contributed by atoms with Crippen LogP contribution in [-0.2, 0) is 20.2 Å². The van der Waals surface area contributed by atoms with Gasteiger partial charge in [0.2, 0.25) is 11.8 Å². The fraction of sp³-hybridized carbons (Fsp3) is 0.394. The molecule has 1 spiro atoms. The van der Waals surface area contributed by atoms with E-state index < -0.39 is 15.4 Å². The summed E-state index contributed by atoms with van der Waals surface area (Å²) in [6.45, 7) is 3.57. The molecule has 1 saturated carbocycles. The second-order valence-electron chi connectivity index (χ2n) is 12.0. The molecule has 0 radical (unpaired) electrons. The van der Waals surface area contributed by atoms with E-state index in [0.29, 0.717) is 6.61 Å². The van der Waals surface area contributed by atoms with Crippen molar-refractivity contribution in [3.63, 3.8) is 0 Å². The van der Waals surface area contributed by atoms with Crippen molar-refractivity contribution in [3.8, 4) is 17.0 Å². The second kappa shape index (κ2) is 11.4. The van der Waals surface area contributed by atoms with Crippen LogP contribution in [0.1, 0.15) is 50.5 Å². The summed E-state index contributed by atoms with van der Waals surface area (Å²) in [6, 6.07) is 10.8. The van der Waals surface area contributed by atoms with Crippen LogP contribution in [0.4, 0.5) is 11.4 Å². The van der Waals surface area contributed by atoms with E-state index >= 15 is 0 Å². The van der Waals surface area contributed by atoms with Gasteiger partial charge in [-0.3, -0.25) is 19.5 Å². The van der Waals surface area contributed by atoms with Gasteiger partial charge in [-0.25, -0.2) is 13.4 Å². The topological polar surface area (TPSA) is 118 Å². The number of fused-ring (bicyclic) bond motifs is 4. The lowest BCUT2D eigenvalue weighted by molar-refractivity contribution is -0.125. The Balaban J connectivity index is 1.22. The van der Waals surface area contributed by atoms with Crippen molar-refractivity contribution in [2.24, 2.45) is 0 Å². The van der Waals surface area contributed by atoms with Gasteiger partial charge in [-0.15, -0.1) is 0 Å². The summed E-state index contributed by atoms with van der Waals surface area (Å²) < 4.78 is 35.4. The number of likely N-dealkylation sites (N-methyl/N-ethyl adjacent to an activating group) is 1. The number of pyridine rings is 3. The molecule has 44 heavy (non-hydrogen) atoms. The van der Waals surface area contributed by atoms with Crippen molar-refractivity contribution < 1.29 is 17.9 Å². The Morgan fingerprint density at radius 3 is 2.57 bits per heavy atom. The Morgan fingerprint density at radius 1 is 0.977 bits per heavy atom. The number of carbonyl (C=O) groups is 1. The van der Waals surface area contributed by atoms with Crippen LogP contribution in [0.3, 0.4) is 0 Å². The van der Waals surface area contributed by atoms with Gasteiger partial charge in [0, 0.05) is 48.7 Å². The van der Waals surface area contributed by atoms with Crippen LogP contribution in [0.5, 0.6) is 5.88 Å². The first-order valence-corrected chi connectivity index (χ1v) is 16.8. The third kappa shape index (κ3) is 5.07. The molecule has 2 fully saturated rings. The number of hydrogen-bond acceptors (Lipinski definition) is 8. The average molecular weight is 613 g/mol. The molecule has 1 saturated heterocycles. The maximum absolute atomic E-state index is 13.3. The van der Waals surface area contributed by atoms with E-state index in [9.17, 15) is 13.2 Å². The highest BCUT2D eigenvalue weighted by molar-refractivity contribution is 7.92. The molecule has 2 aliphatic heterocycles. The molecule has 0 unspecified atom stereocenters. The van der Waals surface area contributed by atoms with E-state index in [1.165, 1.54) is 37.7 Å². The number of amides is 1. The van der Waals surface area contributed by atoms with Crippen LogP contribution >= 0.6 is 0 Å².